The zero-order valence-electron chi connectivity index (χ0n) is 18.8. The quantitative estimate of drug-likeness (QED) is 0.616. The molecule has 4 heteroatoms. The summed E-state index contributed by atoms with van der Waals surface area (Å²) < 4.78 is 6.75. The second-order valence-electron chi connectivity index (χ2n) is 9.61. The average Bonchev–Trinajstić information content (AvgIpc) is 2.78. The van der Waals surface area contributed by atoms with Crippen molar-refractivity contribution in [2.24, 2.45) is 5.41 Å². The van der Waals surface area contributed by atoms with Gasteiger partial charge in [-0.1, -0.05) is 42.5 Å². The molecule has 2 aliphatic heterocycles. The molecule has 0 fully saturated rings. The highest BCUT2D eigenvalue weighted by Gasteiger charge is 2.47. The Kier molecular flexibility index (Phi) is 4.76. The fourth-order valence-electron chi connectivity index (χ4n) is 5.79. The summed E-state index contributed by atoms with van der Waals surface area (Å²) in [7, 11) is 1.73. The van der Waals surface area contributed by atoms with Gasteiger partial charge in [-0.15, -0.1) is 0 Å². The number of ether oxygens (including phenoxy) is 1. The van der Waals surface area contributed by atoms with Gasteiger partial charge in [0.25, 0.3) is 0 Å². The van der Waals surface area contributed by atoms with E-state index in [0.29, 0.717) is 0 Å². The van der Waals surface area contributed by atoms with E-state index < -0.39 is 0 Å². The van der Waals surface area contributed by atoms with Crippen molar-refractivity contribution in [3.63, 3.8) is 0 Å². The minimum atomic E-state index is -0.350. The highest BCUT2D eigenvalue weighted by molar-refractivity contribution is 5.90. The molecule has 2 atom stereocenters. The predicted molar refractivity (Wildman–Crippen MR) is 125 cm³/mol. The fourth-order valence-corrected chi connectivity index (χ4v) is 5.79. The molecule has 5 rings (SSSR count). The lowest BCUT2D eigenvalue weighted by Crippen LogP contribution is -2.45. The van der Waals surface area contributed by atoms with Crippen LogP contribution in [0, 0.1) is 5.41 Å². The van der Waals surface area contributed by atoms with Crippen molar-refractivity contribution < 1.29 is 14.7 Å². The predicted octanol–water partition coefficient (Wildman–Crippen LogP) is 6.07. The van der Waals surface area contributed by atoms with E-state index in [-0.39, 0.29) is 23.7 Å². The molecule has 1 aliphatic carbocycles. The summed E-state index contributed by atoms with van der Waals surface area (Å²) in [6.45, 7) is 6.59. The molecule has 0 amide bonds. The topological polar surface area (TPSA) is 41.9 Å². The van der Waals surface area contributed by atoms with E-state index in [2.05, 4.69) is 63.3 Å². The van der Waals surface area contributed by atoms with Crippen LogP contribution in [0.4, 0.5) is 5.69 Å². The van der Waals surface area contributed by atoms with Gasteiger partial charge in [-0.25, -0.2) is 5.06 Å². The van der Waals surface area contributed by atoms with Crippen LogP contribution in [0.15, 0.2) is 54.6 Å². The molecule has 0 radical (unpaired) electrons. The van der Waals surface area contributed by atoms with Crippen molar-refractivity contribution in [1.82, 2.24) is 0 Å². The highest BCUT2D eigenvalue weighted by Crippen LogP contribution is 2.57. The van der Waals surface area contributed by atoms with Gasteiger partial charge in [-0.3, -0.25) is 4.84 Å². The minimum absolute atomic E-state index is 0.0928. The highest BCUT2D eigenvalue weighted by atomic mass is 16.7. The number of nitrogens with zero attached hydrogens (tertiary/aromatic N) is 1. The summed E-state index contributed by atoms with van der Waals surface area (Å²) in [5.41, 5.74) is 6.31. The van der Waals surface area contributed by atoms with Gasteiger partial charge in [0.1, 0.15) is 11.9 Å². The third-order valence-electron chi connectivity index (χ3n) is 7.17. The van der Waals surface area contributed by atoms with Crippen molar-refractivity contribution in [2.45, 2.75) is 51.7 Å². The molecule has 2 aromatic rings. The number of aliphatic hydroxyl groups is 1. The van der Waals surface area contributed by atoms with Crippen LogP contribution in [0.5, 0.6) is 5.75 Å². The van der Waals surface area contributed by atoms with Crippen LogP contribution in [-0.4, -0.2) is 24.4 Å². The number of rotatable bonds is 3. The third-order valence-corrected chi connectivity index (χ3v) is 7.17. The fraction of sp³-hybridized carbons (Fsp3) is 0.407. The zero-order valence-corrected chi connectivity index (χ0v) is 18.8. The lowest BCUT2D eigenvalue weighted by atomic mass is 9.67. The molecule has 0 spiro atoms. The van der Waals surface area contributed by atoms with Gasteiger partial charge in [-0.05, 0) is 63.3 Å². The number of benzene rings is 2. The summed E-state index contributed by atoms with van der Waals surface area (Å²) in [6, 6.07) is 12.6. The molecule has 2 heterocycles. The van der Waals surface area contributed by atoms with E-state index in [1.807, 2.05) is 17.2 Å². The average molecular weight is 418 g/mol. The number of para-hydroxylation sites is 1. The van der Waals surface area contributed by atoms with Crippen LogP contribution in [0.25, 0.3) is 16.7 Å². The molecule has 0 bridgehead atoms. The van der Waals surface area contributed by atoms with E-state index in [0.717, 1.165) is 36.3 Å². The van der Waals surface area contributed by atoms with E-state index in [1.165, 1.54) is 22.3 Å². The Hall–Kier alpha value is -2.56. The number of anilines is 1. The van der Waals surface area contributed by atoms with E-state index in [4.69, 9.17) is 9.57 Å². The Labute approximate surface area is 184 Å². The summed E-state index contributed by atoms with van der Waals surface area (Å²) in [6.07, 6.45) is 9.12. The molecular formula is C27H31NO3. The minimum Gasteiger partial charge on any atom is -0.484 e. The first-order valence-electron chi connectivity index (χ1n) is 11.1. The second kappa shape index (κ2) is 7.25. The van der Waals surface area contributed by atoms with Gasteiger partial charge in [-0.2, -0.15) is 0 Å². The zero-order chi connectivity index (χ0) is 21.8. The molecule has 1 N–H and O–H groups in total. The summed E-state index contributed by atoms with van der Waals surface area (Å²) in [4.78, 5) is 5.86. The third kappa shape index (κ3) is 2.96. The standard InChI is InChI=1S/C27H31NO3/c1-18-16-26(2,3)28(30-4)21-13-12-20-19-10-6-7-11-22(19)31-25(24(20)23(18)21)27(17-29)14-8-5-9-15-27/h5-8,10-13,16,25,29H,9,14-15,17H2,1-4H3. The van der Waals surface area contributed by atoms with Crippen molar-refractivity contribution in [2.75, 3.05) is 18.8 Å². The van der Waals surface area contributed by atoms with Crippen LogP contribution < -0.4 is 9.80 Å². The van der Waals surface area contributed by atoms with E-state index in [1.54, 1.807) is 7.11 Å². The Morgan fingerprint density at radius 3 is 2.65 bits per heavy atom. The van der Waals surface area contributed by atoms with Crippen LogP contribution in [-0.2, 0) is 4.84 Å². The molecule has 2 aromatic carbocycles. The number of hydrogen-bond acceptors (Lipinski definition) is 4. The van der Waals surface area contributed by atoms with E-state index in [9.17, 15) is 5.11 Å². The van der Waals surface area contributed by atoms with E-state index >= 15 is 0 Å². The van der Waals surface area contributed by atoms with Gasteiger partial charge in [0.15, 0.2) is 0 Å². The molecule has 0 saturated carbocycles. The van der Waals surface area contributed by atoms with Crippen LogP contribution in [0.1, 0.15) is 57.3 Å². The maximum Gasteiger partial charge on any atom is 0.133 e. The number of hydrogen-bond donors (Lipinski definition) is 1. The van der Waals surface area contributed by atoms with Gasteiger partial charge in [0, 0.05) is 22.1 Å². The Morgan fingerprint density at radius 1 is 1.13 bits per heavy atom. The molecular weight excluding hydrogens is 386 g/mol. The van der Waals surface area contributed by atoms with Gasteiger partial charge in [0.05, 0.1) is 24.9 Å². The van der Waals surface area contributed by atoms with Gasteiger partial charge >= 0.3 is 0 Å². The molecule has 0 saturated heterocycles. The number of fused-ring (bicyclic) bond motifs is 5. The smallest absolute Gasteiger partial charge is 0.133 e. The summed E-state index contributed by atoms with van der Waals surface area (Å²) >= 11 is 0. The van der Waals surface area contributed by atoms with Gasteiger partial charge in [0.2, 0.25) is 0 Å². The molecule has 162 valence electrons. The largest absolute Gasteiger partial charge is 0.484 e. The molecule has 31 heavy (non-hydrogen) atoms. The monoisotopic (exact) mass is 417 g/mol. The first-order chi connectivity index (χ1) is 14.9. The van der Waals surface area contributed by atoms with Gasteiger partial charge < -0.3 is 9.84 Å². The van der Waals surface area contributed by atoms with Crippen molar-refractivity contribution >= 4 is 11.3 Å². The van der Waals surface area contributed by atoms with Crippen LogP contribution in [0.2, 0.25) is 0 Å². The Balaban J connectivity index is 1.81. The molecule has 2 unspecified atom stereocenters. The van der Waals surface area contributed by atoms with Crippen LogP contribution >= 0.6 is 0 Å². The maximum absolute atomic E-state index is 10.7. The van der Waals surface area contributed by atoms with Crippen molar-refractivity contribution in [3.05, 3.63) is 65.8 Å². The normalized spacial score (nSPS) is 25.8. The number of allylic oxidation sites excluding steroid dienone is 3. The number of aliphatic hydroxyl groups excluding tert-OH is 1. The molecule has 4 nitrogen and oxygen atoms in total. The number of hydroxylamine groups is 1. The first kappa shape index (κ1) is 20.3. The lowest BCUT2D eigenvalue weighted by Gasteiger charge is -2.47. The Bertz CT molecular complexity index is 1080. The van der Waals surface area contributed by atoms with Crippen LogP contribution in [0.3, 0.4) is 0 Å². The Morgan fingerprint density at radius 2 is 1.94 bits per heavy atom. The maximum atomic E-state index is 10.7. The lowest BCUT2D eigenvalue weighted by molar-refractivity contribution is -0.0120. The SMILES string of the molecule is CON1c2ccc3c(c2C(C)=CC1(C)C)C(C1(CO)CC=CCC1)Oc1ccccc1-3. The first-order valence-corrected chi connectivity index (χ1v) is 11.1. The second-order valence-corrected chi connectivity index (χ2v) is 9.61. The van der Waals surface area contributed by atoms with Crippen molar-refractivity contribution in [3.8, 4) is 16.9 Å². The molecule has 3 aliphatic rings. The molecule has 0 aromatic heterocycles. The summed E-state index contributed by atoms with van der Waals surface area (Å²) in [5.74, 6) is 0.892. The van der Waals surface area contributed by atoms with Crippen molar-refractivity contribution in [1.29, 1.82) is 0 Å². The summed E-state index contributed by atoms with van der Waals surface area (Å²) in [5, 5.41) is 12.6.